The van der Waals surface area contributed by atoms with Crippen molar-refractivity contribution in [3.8, 4) is 11.4 Å². The van der Waals surface area contributed by atoms with Gasteiger partial charge in [0, 0.05) is 18.3 Å². The molecule has 0 radical (unpaired) electrons. The van der Waals surface area contributed by atoms with Crippen molar-refractivity contribution in [2.45, 2.75) is 37.2 Å². The van der Waals surface area contributed by atoms with Crippen LogP contribution in [0.25, 0.3) is 5.69 Å². The molecule has 4 aromatic rings. The maximum absolute atomic E-state index is 14.0. The molecule has 1 aliphatic carbocycles. The summed E-state index contributed by atoms with van der Waals surface area (Å²) in [5.74, 6) is 0.575. The number of thioether (sulfide) groups is 1. The highest BCUT2D eigenvalue weighted by Crippen LogP contribution is 2.30. The smallest absolute Gasteiger partial charge is 0.233 e. The van der Waals surface area contributed by atoms with Crippen LogP contribution in [0, 0.1) is 5.82 Å². The van der Waals surface area contributed by atoms with E-state index in [4.69, 9.17) is 4.74 Å². The molecular weight excluding hydrogens is 463 g/mol. The Morgan fingerprint density at radius 3 is 2.37 bits per heavy atom. The predicted octanol–water partition coefficient (Wildman–Crippen LogP) is 5.27. The summed E-state index contributed by atoms with van der Waals surface area (Å²) in [5.41, 5.74) is 1.97. The lowest BCUT2D eigenvalue weighted by molar-refractivity contribution is -0.129. The molecule has 1 amide bonds. The zero-order valence-electron chi connectivity index (χ0n) is 19.1. The standard InChI is InChI=1S/C27H25FN4O2S/c28-23-13-7-8-14-24(23)34-18-25-29-30-27(32(25)22-11-5-2-6-12-22)35-19-26(33)31(21-15-16-21)17-20-9-3-1-4-10-20/h1-14,21H,15-19H2. The predicted molar refractivity (Wildman–Crippen MR) is 133 cm³/mol. The third-order valence-corrected chi connectivity index (χ3v) is 6.65. The Hall–Kier alpha value is -3.65. The van der Waals surface area contributed by atoms with Crippen molar-refractivity contribution in [2.24, 2.45) is 0 Å². The van der Waals surface area contributed by atoms with Crippen LogP contribution in [0.3, 0.4) is 0 Å². The van der Waals surface area contributed by atoms with Gasteiger partial charge in [-0.2, -0.15) is 0 Å². The summed E-state index contributed by atoms with van der Waals surface area (Å²) < 4.78 is 21.6. The van der Waals surface area contributed by atoms with Crippen molar-refractivity contribution >= 4 is 17.7 Å². The molecular formula is C27H25FN4O2S. The molecule has 35 heavy (non-hydrogen) atoms. The number of amides is 1. The summed E-state index contributed by atoms with van der Waals surface area (Å²) in [6.07, 6.45) is 2.09. The van der Waals surface area contributed by atoms with Gasteiger partial charge in [0.25, 0.3) is 0 Å². The highest BCUT2D eigenvalue weighted by molar-refractivity contribution is 7.99. The number of rotatable bonds is 10. The second-order valence-corrected chi connectivity index (χ2v) is 9.26. The maximum Gasteiger partial charge on any atom is 0.233 e. The first-order valence-corrected chi connectivity index (χ1v) is 12.5. The summed E-state index contributed by atoms with van der Waals surface area (Å²) in [5, 5.41) is 9.22. The van der Waals surface area contributed by atoms with E-state index in [0.717, 1.165) is 24.1 Å². The Bertz CT molecular complexity index is 1280. The van der Waals surface area contributed by atoms with Crippen molar-refractivity contribution in [1.29, 1.82) is 0 Å². The van der Waals surface area contributed by atoms with Gasteiger partial charge in [-0.1, -0.05) is 72.4 Å². The largest absolute Gasteiger partial charge is 0.483 e. The number of hydrogen-bond donors (Lipinski definition) is 0. The lowest BCUT2D eigenvalue weighted by Crippen LogP contribution is -2.34. The molecule has 1 heterocycles. The normalized spacial score (nSPS) is 12.9. The minimum atomic E-state index is -0.433. The number of para-hydroxylation sites is 2. The van der Waals surface area contributed by atoms with Crippen LogP contribution >= 0.6 is 11.8 Å². The molecule has 0 spiro atoms. The van der Waals surface area contributed by atoms with Gasteiger partial charge in [0.2, 0.25) is 5.91 Å². The van der Waals surface area contributed by atoms with Gasteiger partial charge in [-0.05, 0) is 42.7 Å². The number of carbonyl (C=O) groups is 1. The Labute approximate surface area is 207 Å². The van der Waals surface area contributed by atoms with Crippen LogP contribution in [-0.4, -0.2) is 37.4 Å². The van der Waals surface area contributed by atoms with Crippen molar-refractivity contribution in [3.63, 3.8) is 0 Å². The summed E-state index contributed by atoms with van der Waals surface area (Å²) in [6.45, 7) is 0.650. The molecule has 0 atom stereocenters. The Morgan fingerprint density at radius 1 is 0.971 bits per heavy atom. The molecule has 0 bridgehead atoms. The Morgan fingerprint density at radius 2 is 1.66 bits per heavy atom. The highest BCUT2D eigenvalue weighted by atomic mass is 32.2. The molecule has 0 aliphatic heterocycles. The van der Waals surface area contributed by atoms with E-state index in [1.807, 2.05) is 70.1 Å². The van der Waals surface area contributed by atoms with Gasteiger partial charge >= 0.3 is 0 Å². The van der Waals surface area contributed by atoms with E-state index < -0.39 is 5.82 Å². The SMILES string of the molecule is O=C(CSc1nnc(COc2ccccc2F)n1-c1ccccc1)N(Cc1ccccc1)C1CC1. The molecule has 0 unspecified atom stereocenters. The molecule has 1 saturated carbocycles. The minimum absolute atomic E-state index is 0.0412. The quantitative estimate of drug-likeness (QED) is 0.285. The van der Waals surface area contributed by atoms with Crippen LogP contribution in [0.2, 0.25) is 0 Å². The number of benzene rings is 3. The number of nitrogens with zero attached hydrogens (tertiary/aromatic N) is 4. The van der Waals surface area contributed by atoms with Crippen LogP contribution < -0.4 is 4.74 Å². The van der Waals surface area contributed by atoms with Gasteiger partial charge in [-0.15, -0.1) is 10.2 Å². The zero-order chi connectivity index (χ0) is 24.0. The van der Waals surface area contributed by atoms with Crippen molar-refractivity contribution < 1.29 is 13.9 Å². The number of aromatic nitrogens is 3. The van der Waals surface area contributed by atoms with E-state index in [1.54, 1.807) is 18.2 Å². The maximum atomic E-state index is 14.0. The second-order valence-electron chi connectivity index (χ2n) is 8.32. The summed E-state index contributed by atoms with van der Waals surface area (Å²) >= 11 is 1.35. The Kier molecular flexibility index (Phi) is 7.09. The third-order valence-electron chi connectivity index (χ3n) is 5.74. The van der Waals surface area contributed by atoms with Gasteiger partial charge in [0.1, 0.15) is 6.61 Å². The van der Waals surface area contributed by atoms with E-state index in [9.17, 15) is 9.18 Å². The van der Waals surface area contributed by atoms with Crippen LogP contribution in [0.5, 0.6) is 5.75 Å². The Balaban J connectivity index is 1.32. The van der Waals surface area contributed by atoms with E-state index in [-0.39, 0.29) is 24.0 Å². The lowest BCUT2D eigenvalue weighted by Gasteiger charge is -2.22. The molecule has 6 nitrogen and oxygen atoms in total. The van der Waals surface area contributed by atoms with E-state index in [1.165, 1.54) is 17.8 Å². The third kappa shape index (κ3) is 5.71. The zero-order valence-corrected chi connectivity index (χ0v) is 19.9. The van der Waals surface area contributed by atoms with Gasteiger partial charge in [0.15, 0.2) is 22.5 Å². The van der Waals surface area contributed by atoms with Crippen molar-refractivity contribution in [2.75, 3.05) is 5.75 Å². The first-order valence-electron chi connectivity index (χ1n) is 11.5. The molecule has 3 aromatic carbocycles. The summed E-state index contributed by atoms with van der Waals surface area (Å²) in [6, 6.07) is 26.3. The number of hydrogen-bond acceptors (Lipinski definition) is 5. The van der Waals surface area contributed by atoms with Gasteiger partial charge < -0.3 is 9.64 Å². The van der Waals surface area contributed by atoms with Crippen LogP contribution in [0.1, 0.15) is 24.2 Å². The first kappa shape index (κ1) is 23.1. The lowest BCUT2D eigenvalue weighted by atomic mass is 10.2. The molecule has 5 rings (SSSR count). The van der Waals surface area contributed by atoms with Crippen LogP contribution in [0.15, 0.2) is 90.1 Å². The fourth-order valence-corrected chi connectivity index (χ4v) is 4.68. The second kappa shape index (κ2) is 10.7. The van der Waals surface area contributed by atoms with Gasteiger partial charge in [-0.3, -0.25) is 9.36 Å². The fraction of sp³-hybridized carbons (Fsp3) is 0.222. The van der Waals surface area contributed by atoms with Gasteiger partial charge in [0.05, 0.1) is 5.75 Å². The molecule has 178 valence electrons. The molecule has 1 aliphatic rings. The molecule has 1 aromatic heterocycles. The van der Waals surface area contributed by atoms with Crippen LogP contribution in [-0.2, 0) is 17.9 Å². The van der Waals surface area contributed by atoms with Crippen molar-refractivity contribution in [1.82, 2.24) is 19.7 Å². The molecule has 1 fully saturated rings. The average molecular weight is 489 g/mol. The number of carbonyl (C=O) groups excluding carboxylic acids is 1. The average Bonchev–Trinajstić information content (AvgIpc) is 3.66. The van der Waals surface area contributed by atoms with E-state index >= 15 is 0 Å². The van der Waals surface area contributed by atoms with Crippen molar-refractivity contribution in [3.05, 3.63) is 102 Å². The molecule has 0 saturated heterocycles. The summed E-state index contributed by atoms with van der Waals surface area (Å²) in [4.78, 5) is 15.2. The van der Waals surface area contributed by atoms with E-state index in [2.05, 4.69) is 10.2 Å². The molecule has 0 N–H and O–H groups in total. The number of halogens is 1. The first-order chi connectivity index (χ1) is 17.2. The van der Waals surface area contributed by atoms with Crippen LogP contribution in [0.4, 0.5) is 4.39 Å². The van der Waals surface area contributed by atoms with E-state index in [0.29, 0.717) is 23.6 Å². The van der Waals surface area contributed by atoms with Gasteiger partial charge in [-0.25, -0.2) is 4.39 Å². The minimum Gasteiger partial charge on any atom is -0.483 e. The number of ether oxygens (including phenoxy) is 1. The molecule has 8 heteroatoms. The highest BCUT2D eigenvalue weighted by Gasteiger charge is 2.32. The topological polar surface area (TPSA) is 60.2 Å². The fourth-order valence-electron chi connectivity index (χ4n) is 3.82. The summed E-state index contributed by atoms with van der Waals surface area (Å²) in [7, 11) is 0. The monoisotopic (exact) mass is 488 g/mol.